The SMILES string of the molecule is Nc1cccc(CC(=O)NCCC2CCC2)c1. The molecule has 17 heavy (non-hydrogen) atoms. The quantitative estimate of drug-likeness (QED) is 0.764. The van der Waals surface area contributed by atoms with Crippen LogP contribution < -0.4 is 11.1 Å². The summed E-state index contributed by atoms with van der Waals surface area (Å²) in [5.41, 5.74) is 7.36. The van der Waals surface area contributed by atoms with Gasteiger partial charge < -0.3 is 11.1 Å². The fourth-order valence-corrected chi connectivity index (χ4v) is 2.15. The Kier molecular flexibility index (Phi) is 4.02. The third-order valence-corrected chi connectivity index (χ3v) is 3.42. The average molecular weight is 232 g/mol. The van der Waals surface area contributed by atoms with Crippen LogP contribution >= 0.6 is 0 Å². The maximum Gasteiger partial charge on any atom is 0.224 e. The number of hydrogen-bond acceptors (Lipinski definition) is 2. The molecule has 3 nitrogen and oxygen atoms in total. The van der Waals surface area contributed by atoms with Crippen molar-refractivity contribution < 1.29 is 4.79 Å². The van der Waals surface area contributed by atoms with Gasteiger partial charge in [-0.1, -0.05) is 31.4 Å². The second-order valence-corrected chi connectivity index (χ2v) is 4.86. The molecule has 0 spiro atoms. The molecule has 1 aromatic rings. The molecule has 0 radical (unpaired) electrons. The van der Waals surface area contributed by atoms with Crippen LogP contribution in [0.3, 0.4) is 0 Å². The van der Waals surface area contributed by atoms with Gasteiger partial charge in [-0.25, -0.2) is 0 Å². The molecule has 1 aromatic carbocycles. The Morgan fingerprint density at radius 2 is 2.24 bits per heavy atom. The summed E-state index contributed by atoms with van der Waals surface area (Å²) in [5.74, 6) is 0.942. The highest BCUT2D eigenvalue weighted by molar-refractivity contribution is 5.78. The summed E-state index contributed by atoms with van der Waals surface area (Å²) in [6, 6.07) is 7.50. The van der Waals surface area contributed by atoms with E-state index in [9.17, 15) is 4.79 Å². The number of nitrogens with two attached hydrogens (primary N) is 1. The first-order valence-electron chi connectivity index (χ1n) is 6.35. The monoisotopic (exact) mass is 232 g/mol. The summed E-state index contributed by atoms with van der Waals surface area (Å²) in [4.78, 5) is 11.7. The highest BCUT2D eigenvalue weighted by Gasteiger charge is 2.16. The van der Waals surface area contributed by atoms with Crippen LogP contribution in [0.15, 0.2) is 24.3 Å². The number of rotatable bonds is 5. The zero-order chi connectivity index (χ0) is 12.1. The first kappa shape index (κ1) is 12.0. The van der Waals surface area contributed by atoms with Gasteiger partial charge in [-0.2, -0.15) is 0 Å². The van der Waals surface area contributed by atoms with Gasteiger partial charge in [0.1, 0.15) is 0 Å². The molecule has 0 unspecified atom stereocenters. The number of anilines is 1. The maximum absolute atomic E-state index is 11.7. The van der Waals surface area contributed by atoms with E-state index >= 15 is 0 Å². The van der Waals surface area contributed by atoms with Gasteiger partial charge in [-0.15, -0.1) is 0 Å². The van der Waals surface area contributed by atoms with Crippen molar-refractivity contribution in [2.24, 2.45) is 5.92 Å². The van der Waals surface area contributed by atoms with E-state index in [0.717, 1.165) is 24.4 Å². The highest BCUT2D eigenvalue weighted by atomic mass is 16.1. The van der Waals surface area contributed by atoms with Crippen LogP contribution in [-0.4, -0.2) is 12.5 Å². The Morgan fingerprint density at radius 3 is 2.88 bits per heavy atom. The van der Waals surface area contributed by atoms with E-state index < -0.39 is 0 Å². The molecule has 0 heterocycles. The molecule has 1 amide bonds. The van der Waals surface area contributed by atoms with Crippen molar-refractivity contribution in [3.05, 3.63) is 29.8 Å². The first-order valence-corrected chi connectivity index (χ1v) is 6.35. The second kappa shape index (κ2) is 5.71. The average Bonchev–Trinajstić information content (AvgIpc) is 2.22. The summed E-state index contributed by atoms with van der Waals surface area (Å²) in [6.07, 6.45) is 5.59. The van der Waals surface area contributed by atoms with Gasteiger partial charge in [0.05, 0.1) is 6.42 Å². The minimum Gasteiger partial charge on any atom is -0.399 e. The summed E-state index contributed by atoms with van der Waals surface area (Å²) in [7, 11) is 0. The summed E-state index contributed by atoms with van der Waals surface area (Å²) in [6.45, 7) is 0.811. The molecule has 0 atom stereocenters. The first-order chi connectivity index (χ1) is 8.24. The Bertz CT molecular complexity index is 386. The predicted molar refractivity (Wildman–Crippen MR) is 69.5 cm³/mol. The smallest absolute Gasteiger partial charge is 0.224 e. The maximum atomic E-state index is 11.7. The largest absolute Gasteiger partial charge is 0.399 e. The normalized spacial score (nSPS) is 15.3. The van der Waals surface area contributed by atoms with Gasteiger partial charge in [-0.05, 0) is 30.0 Å². The molecular weight excluding hydrogens is 212 g/mol. The van der Waals surface area contributed by atoms with Crippen LogP contribution in [0.4, 0.5) is 5.69 Å². The van der Waals surface area contributed by atoms with Crippen LogP contribution in [0.2, 0.25) is 0 Å². The summed E-state index contributed by atoms with van der Waals surface area (Å²) < 4.78 is 0. The number of amides is 1. The summed E-state index contributed by atoms with van der Waals surface area (Å²) in [5, 5.41) is 2.97. The van der Waals surface area contributed by atoms with E-state index in [-0.39, 0.29) is 5.91 Å². The van der Waals surface area contributed by atoms with Gasteiger partial charge >= 0.3 is 0 Å². The molecule has 1 aliphatic carbocycles. The molecule has 0 aromatic heterocycles. The molecule has 1 fully saturated rings. The van der Waals surface area contributed by atoms with E-state index in [1.54, 1.807) is 0 Å². The molecule has 3 N–H and O–H groups in total. The predicted octanol–water partition coefficient (Wildman–Crippen LogP) is 2.12. The Morgan fingerprint density at radius 1 is 1.41 bits per heavy atom. The summed E-state index contributed by atoms with van der Waals surface area (Å²) >= 11 is 0. The van der Waals surface area contributed by atoms with Gasteiger partial charge in [-0.3, -0.25) is 4.79 Å². The van der Waals surface area contributed by atoms with Crippen molar-refractivity contribution in [3.63, 3.8) is 0 Å². The lowest BCUT2D eigenvalue weighted by Gasteiger charge is -2.25. The van der Waals surface area contributed by atoms with Crippen molar-refractivity contribution in [1.29, 1.82) is 0 Å². The lowest BCUT2D eigenvalue weighted by molar-refractivity contribution is -0.120. The number of benzene rings is 1. The van der Waals surface area contributed by atoms with Crippen LogP contribution in [0.1, 0.15) is 31.2 Å². The van der Waals surface area contributed by atoms with Crippen molar-refractivity contribution >= 4 is 11.6 Å². The van der Waals surface area contributed by atoms with E-state index in [0.29, 0.717) is 12.1 Å². The topological polar surface area (TPSA) is 55.1 Å². The molecule has 0 saturated heterocycles. The Balaban J connectivity index is 1.69. The van der Waals surface area contributed by atoms with Crippen molar-refractivity contribution in [1.82, 2.24) is 5.32 Å². The lowest BCUT2D eigenvalue weighted by atomic mass is 9.83. The third kappa shape index (κ3) is 3.77. The molecule has 1 aliphatic rings. The standard InChI is InChI=1S/C14H20N2O/c15-13-6-2-5-12(9-13)10-14(17)16-8-7-11-3-1-4-11/h2,5-6,9,11H,1,3-4,7-8,10,15H2,(H,16,17). The van der Waals surface area contributed by atoms with Crippen LogP contribution in [0.5, 0.6) is 0 Å². The Hall–Kier alpha value is -1.51. The number of nitrogens with one attached hydrogen (secondary N) is 1. The van der Waals surface area contributed by atoms with Gasteiger partial charge in [0.2, 0.25) is 5.91 Å². The number of carbonyl (C=O) groups excluding carboxylic acids is 1. The molecule has 92 valence electrons. The molecule has 0 bridgehead atoms. The van der Waals surface area contributed by atoms with E-state index in [1.165, 1.54) is 19.3 Å². The van der Waals surface area contributed by atoms with Gasteiger partial charge in [0.25, 0.3) is 0 Å². The van der Waals surface area contributed by atoms with Crippen molar-refractivity contribution in [3.8, 4) is 0 Å². The number of carbonyl (C=O) groups is 1. The fraction of sp³-hybridized carbons (Fsp3) is 0.500. The van der Waals surface area contributed by atoms with E-state index in [2.05, 4.69) is 5.32 Å². The van der Waals surface area contributed by atoms with Crippen LogP contribution in [-0.2, 0) is 11.2 Å². The third-order valence-electron chi connectivity index (χ3n) is 3.42. The van der Waals surface area contributed by atoms with E-state index in [1.807, 2.05) is 24.3 Å². The molecule has 2 rings (SSSR count). The molecule has 3 heteroatoms. The Labute approximate surface area is 102 Å². The molecule has 1 saturated carbocycles. The second-order valence-electron chi connectivity index (χ2n) is 4.86. The van der Waals surface area contributed by atoms with Crippen LogP contribution in [0, 0.1) is 5.92 Å². The highest BCUT2D eigenvalue weighted by Crippen LogP contribution is 2.28. The minimum absolute atomic E-state index is 0.0925. The fourth-order valence-electron chi connectivity index (χ4n) is 2.15. The zero-order valence-corrected chi connectivity index (χ0v) is 10.1. The van der Waals surface area contributed by atoms with E-state index in [4.69, 9.17) is 5.73 Å². The zero-order valence-electron chi connectivity index (χ0n) is 10.1. The minimum atomic E-state index is 0.0925. The van der Waals surface area contributed by atoms with Gasteiger partial charge in [0, 0.05) is 12.2 Å². The van der Waals surface area contributed by atoms with Crippen molar-refractivity contribution in [2.75, 3.05) is 12.3 Å². The lowest BCUT2D eigenvalue weighted by Crippen LogP contribution is -2.28. The molecular formula is C14H20N2O. The van der Waals surface area contributed by atoms with Gasteiger partial charge in [0.15, 0.2) is 0 Å². The number of nitrogen functional groups attached to an aromatic ring is 1. The molecule has 0 aliphatic heterocycles. The number of hydrogen-bond donors (Lipinski definition) is 2. The van der Waals surface area contributed by atoms with Crippen LogP contribution in [0.25, 0.3) is 0 Å². The van der Waals surface area contributed by atoms with Crippen molar-refractivity contribution in [2.45, 2.75) is 32.1 Å².